The van der Waals surface area contributed by atoms with Gasteiger partial charge in [-0.2, -0.15) is 0 Å². The molecule has 1 aromatic carbocycles. The summed E-state index contributed by atoms with van der Waals surface area (Å²) < 4.78 is 4.83. The van der Waals surface area contributed by atoms with Crippen molar-refractivity contribution in [3.8, 4) is 0 Å². The Labute approximate surface area is 167 Å². The van der Waals surface area contributed by atoms with Crippen LogP contribution in [0.1, 0.15) is 24.2 Å². The van der Waals surface area contributed by atoms with Gasteiger partial charge in [0.1, 0.15) is 6.54 Å². The maximum Gasteiger partial charge on any atom is 0.325 e. The minimum Gasteiger partial charge on any atom is -0.454 e. The third-order valence-corrected chi connectivity index (χ3v) is 4.11. The standard InChI is InChI=1S/C17H21Cl2N3O5/c1-3-20-14(23)9-22(4-2)15(24)10-27-16(25)8-21-17(26)11-5-6-12(18)13(19)7-11/h5-7H,3-4,8-10H2,1-2H3,(H,20,23)(H,21,26). The highest BCUT2D eigenvalue weighted by molar-refractivity contribution is 6.42. The molecule has 0 heterocycles. The van der Waals surface area contributed by atoms with Crippen molar-refractivity contribution in [3.63, 3.8) is 0 Å². The molecule has 0 unspecified atom stereocenters. The van der Waals surface area contributed by atoms with E-state index in [4.69, 9.17) is 27.9 Å². The van der Waals surface area contributed by atoms with E-state index in [0.29, 0.717) is 18.1 Å². The third kappa shape index (κ3) is 7.84. The third-order valence-electron chi connectivity index (χ3n) is 3.37. The van der Waals surface area contributed by atoms with Crippen LogP contribution in [0.5, 0.6) is 0 Å². The van der Waals surface area contributed by atoms with E-state index in [2.05, 4.69) is 10.6 Å². The van der Waals surface area contributed by atoms with Crippen LogP contribution in [0.4, 0.5) is 0 Å². The van der Waals surface area contributed by atoms with Crippen molar-refractivity contribution >= 4 is 46.9 Å². The second kappa shape index (κ2) is 11.4. The monoisotopic (exact) mass is 417 g/mol. The zero-order valence-electron chi connectivity index (χ0n) is 15.0. The first-order valence-electron chi connectivity index (χ1n) is 8.21. The van der Waals surface area contributed by atoms with Crippen molar-refractivity contribution in [2.45, 2.75) is 13.8 Å². The molecule has 27 heavy (non-hydrogen) atoms. The number of benzene rings is 1. The molecule has 0 aliphatic heterocycles. The van der Waals surface area contributed by atoms with Crippen LogP contribution < -0.4 is 10.6 Å². The highest BCUT2D eigenvalue weighted by Crippen LogP contribution is 2.22. The molecule has 0 saturated carbocycles. The van der Waals surface area contributed by atoms with Gasteiger partial charge in [-0.25, -0.2) is 0 Å². The predicted octanol–water partition coefficient (Wildman–Crippen LogP) is 1.25. The Kier molecular flexibility index (Phi) is 9.60. The van der Waals surface area contributed by atoms with E-state index in [1.165, 1.54) is 23.1 Å². The number of nitrogens with zero attached hydrogens (tertiary/aromatic N) is 1. The number of esters is 1. The van der Waals surface area contributed by atoms with Crippen LogP contribution in [0.15, 0.2) is 18.2 Å². The average molecular weight is 418 g/mol. The molecule has 148 valence electrons. The summed E-state index contributed by atoms with van der Waals surface area (Å²) in [5, 5.41) is 5.45. The van der Waals surface area contributed by atoms with Gasteiger partial charge in [0.15, 0.2) is 6.61 Å². The number of likely N-dealkylation sites (N-methyl/N-ethyl adjacent to an activating group) is 2. The Balaban J connectivity index is 2.43. The van der Waals surface area contributed by atoms with Crippen molar-refractivity contribution in [2.75, 3.05) is 32.8 Å². The molecule has 2 N–H and O–H groups in total. The summed E-state index contributed by atoms with van der Waals surface area (Å²) in [7, 11) is 0. The molecule has 10 heteroatoms. The van der Waals surface area contributed by atoms with Gasteiger partial charge in [0.2, 0.25) is 5.91 Å². The van der Waals surface area contributed by atoms with Crippen LogP contribution in [0.25, 0.3) is 0 Å². The molecule has 0 aliphatic carbocycles. The number of amides is 3. The van der Waals surface area contributed by atoms with Crippen molar-refractivity contribution in [1.82, 2.24) is 15.5 Å². The molecule has 1 aromatic rings. The van der Waals surface area contributed by atoms with Crippen molar-refractivity contribution in [3.05, 3.63) is 33.8 Å². The van der Waals surface area contributed by atoms with Crippen LogP contribution in [-0.4, -0.2) is 61.4 Å². The summed E-state index contributed by atoms with van der Waals surface area (Å²) in [4.78, 5) is 48.4. The summed E-state index contributed by atoms with van der Waals surface area (Å²) >= 11 is 11.6. The molecular formula is C17H21Cl2N3O5. The van der Waals surface area contributed by atoms with E-state index in [-0.39, 0.29) is 23.0 Å². The molecule has 0 bridgehead atoms. The summed E-state index contributed by atoms with van der Waals surface area (Å²) in [6, 6.07) is 4.29. The highest BCUT2D eigenvalue weighted by Gasteiger charge is 2.17. The lowest BCUT2D eigenvalue weighted by Gasteiger charge is -2.20. The van der Waals surface area contributed by atoms with Gasteiger partial charge < -0.3 is 20.3 Å². The van der Waals surface area contributed by atoms with E-state index in [1.54, 1.807) is 13.8 Å². The predicted molar refractivity (Wildman–Crippen MR) is 101 cm³/mol. The van der Waals surface area contributed by atoms with Gasteiger partial charge in [0, 0.05) is 18.7 Å². The average Bonchev–Trinajstić information content (AvgIpc) is 2.64. The molecule has 0 fully saturated rings. The fourth-order valence-corrected chi connectivity index (χ4v) is 2.28. The minimum atomic E-state index is -0.786. The fraction of sp³-hybridized carbons (Fsp3) is 0.412. The molecule has 1 rings (SSSR count). The van der Waals surface area contributed by atoms with Crippen molar-refractivity contribution < 1.29 is 23.9 Å². The van der Waals surface area contributed by atoms with Gasteiger partial charge in [-0.15, -0.1) is 0 Å². The Morgan fingerprint density at radius 3 is 2.37 bits per heavy atom. The second-order valence-corrected chi connectivity index (χ2v) is 6.15. The maximum absolute atomic E-state index is 12.0. The first kappa shape index (κ1) is 22.7. The van der Waals surface area contributed by atoms with E-state index >= 15 is 0 Å². The number of ether oxygens (including phenoxy) is 1. The lowest BCUT2D eigenvalue weighted by atomic mass is 10.2. The first-order valence-corrected chi connectivity index (χ1v) is 8.97. The van der Waals surface area contributed by atoms with Gasteiger partial charge >= 0.3 is 5.97 Å². The Hall–Kier alpha value is -2.32. The molecule has 0 radical (unpaired) electrons. The van der Waals surface area contributed by atoms with Crippen molar-refractivity contribution in [1.29, 1.82) is 0 Å². The largest absolute Gasteiger partial charge is 0.454 e. The van der Waals surface area contributed by atoms with Gasteiger partial charge in [-0.05, 0) is 32.0 Å². The summed E-state index contributed by atoms with van der Waals surface area (Å²) in [6.45, 7) is 3.17. The maximum atomic E-state index is 12.0. The quantitative estimate of drug-likeness (QED) is 0.588. The van der Waals surface area contributed by atoms with E-state index in [1.807, 2.05) is 0 Å². The molecular weight excluding hydrogens is 397 g/mol. The molecule has 3 amide bonds. The summed E-state index contributed by atoms with van der Waals surface area (Å²) in [6.07, 6.45) is 0. The zero-order valence-corrected chi connectivity index (χ0v) is 16.5. The lowest BCUT2D eigenvalue weighted by molar-refractivity contribution is -0.151. The first-order chi connectivity index (χ1) is 12.8. The number of carbonyl (C=O) groups is 4. The summed E-state index contributed by atoms with van der Waals surface area (Å²) in [5.41, 5.74) is 0.229. The molecule has 0 aliphatic rings. The SMILES string of the molecule is CCNC(=O)CN(CC)C(=O)COC(=O)CNC(=O)c1ccc(Cl)c(Cl)c1. The van der Waals surface area contributed by atoms with Crippen LogP contribution in [0.2, 0.25) is 10.0 Å². The molecule has 0 atom stereocenters. The van der Waals surface area contributed by atoms with E-state index < -0.39 is 30.9 Å². The zero-order chi connectivity index (χ0) is 20.4. The Morgan fingerprint density at radius 1 is 1.07 bits per heavy atom. The van der Waals surface area contributed by atoms with Gasteiger partial charge in [-0.3, -0.25) is 19.2 Å². The van der Waals surface area contributed by atoms with E-state index in [0.717, 1.165) is 0 Å². The smallest absolute Gasteiger partial charge is 0.325 e. The Bertz CT molecular complexity index is 712. The topological polar surface area (TPSA) is 105 Å². The van der Waals surface area contributed by atoms with Crippen molar-refractivity contribution in [2.24, 2.45) is 0 Å². The molecule has 0 spiro atoms. The van der Waals surface area contributed by atoms with Crippen LogP contribution in [0, 0.1) is 0 Å². The number of carbonyl (C=O) groups excluding carboxylic acids is 4. The van der Waals surface area contributed by atoms with Gasteiger partial charge in [-0.1, -0.05) is 23.2 Å². The Morgan fingerprint density at radius 2 is 1.78 bits per heavy atom. The number of nitrogens with one attached hydrogen (secondary N) is 2. The van der Waals surface area contributed by atoms with E-state index in [9.17, 15) is 19.2 Å². The number of hydrogen-bond acceptors (Lipinski definition) is 5. The second-order valence-electron chi connectivity index (χ2n) is 5.33. The molecule has 0 saturated heterocycles. The number of hydrogen-bond donors (Lipinski definition) is 2. The van der Waals surface area contributed by atoms with Gasteiger partial charge in [0.25, 0.3) is 11.8 Å². The number of halogens is 2. The molecule has 0 aromatic heterocycles. The van der Waals surface area contributed by atoms with Crippen LogP contribution in [-0.2, 0) is 19.1 Å². The van der Waals surface area contributed by atoms with Crippen LogP contribution >= 0.6 is 23.2 Å². The fourth-order valence-electron chi connectivity index (χ4n) is 1.98. The normalized spacial score (nSPS) is 10.1. The van der Waals surface area contributed by atoms with Crippen LogP contribution in [0.3, 0.4) is 0 Å². The number of rotatable bonds is 9. The minimum absolute atomic E-state index is 0.116. The van der Waals surface area contributed by atoms with Gasteiger partial charge in [0.05, 0.1) is 16.6 Å². The summed E-state index contributed by atoms with van der Waals surface area (Å²) in [5.74, 6) is -2.13. The lowest BCUT2D eigenvalue weighted by Crippen LogP contribution is -2.42. The molecule has 8 nitrogen and oxygen atoms in total. The highest BCUT2D eigenvalue weighted by atomic mass is 35.5.